The Morgan fingerprint density at radius 3 is 2.83 bits per heavy atom. The minimum atomic E-state index is -0.125. The van der Waals surface area contributed by atoms with E-state index < -0.39 is 0 Å². The van der Waals surface area contributed by atoms with Gasteiger partial charge in [-0.05, 0) is 24.3 Å². The van der Waals surface area contributed by atoms with Gasteiger partial charge in [-0.15, -0.1) is 11.3 Å². The molecule has 1 aromatic heterocycles. The Morgan fingerprint density at radius 1 is 1.50 bits per heavy atom. The maximum absolute atomic E-state index is 11.9. The summed E-state index contributed by atoms with van der Waals surface area (Å²) in [5.74, 6) is 0.955. The molecule has 1 aromatic rings. The van der Waals surface area contributed by atoms with Crippen LogP contribution in [0.4, 0.5) is 0 Å². The molecule has 2 rings (SSSR count). The summed E-state index contributed by atoms with van der Waals surface area (Å²) >= 11 is 1.77. The standard InChI is InChI=1S/C18H29N3O2S/c1-6-19-17(20-12-18(3,4)15-8-7-9-24-15)21-10-13(2)14(11-21)16(22)23-5/h7-9,13-14H,6,10-12H2,1-5H3,(H,19,20). The smallest absolute Gasteiger partial charge is 0.310 e. The summed E-state index contributed by atoms with van der Waals surface area (Å²) in [6.45, 7) is 11.6. The van der Waals surface area contributed by atoms with Crippen molar-refractivity contribution in [3.63, 3.8) is 0 Å². The van der Waals surface area contributed by atoms with E-state index in [0.717, 1.165) is 19.0 Å². The molecule has 24 heavy (non-hydrogen) atoms. The van der Waals surface area contributed by atoms with E-state index in [1.165, 1.54) is 12.0 Å². The Balaban J connectivity index is 2.10. The van der Waals surface area contributed by atoms with E-state index in [0.29, 0.717) is 13.1 Å². The van der Waals surface area contributed by atoms with Gasteiger partial charge in [0.2, 0.25) is 0 Å². The average molecular weight is 352 g/mol. The van der Waals surface area contributed by atoms with Crippen molar-refractivity contribution in [1.82, 2.24) is 10.2 Å². The molecule has 0 saturated carbocycles. The predicted molar refractivity (Wildman–Crippen MR) is 99.6 cm³/mol. The lowest BCUT2D eigenvalue weighted by Crippen LogP contribution is -2.41. The summed E-state index contributed by atoms with van der Waals surface area (Å²) < 4.78 is 4.93. The number of rotatable bonds is 5. The van der Waals surface area contributed by atoms with Gasteiger partial charge in [0.1, 0.15) is 0 Å². The zero-order chi connectivity index (χ0) is 17.7. The molecule has 1 fully saturated rings. The van der Waals surface area contributed by atoms with Gasteiger partial charge in [-0.3, -0.25) is 9.79 Å². The monoisotopic (exact) mass is 351 g/mol. The van der Waals surface area contributed by atoms with Gasteiger partial charge in [-0.25, -0.2) is 0 Å². The molecule has 1 saturated heterocycles. The number of carbonyl (C=O) groups excluding carboxylic acids is 1. The normalized spacial score (nSPS) is 21.9. The number of aliphatic imine (C=N–C) groups is 1. The average Bonchev–Trinajstić information content (AvgIpc) is 3.20. The van der Waals surface area contributed by atoms with Crippen LogP contribution in [-0.2, 0) is 14.9 Å². The summed E-state index contributed by atoms with van der Waals surface area (Å²) in [5, 5.41) is 5.47. The van der Waals surface area contributed by atoms with Gasteiger partial charge in [-0.1, -0.05) is 26.8 Å². The first kappa shape index (κ1) is 18.8. The van der Waals surface area contributed by atoms with E-state index >= 15 is 0 Å². The summed E-state index contributed by atoms with van der Waals surface area (Å²) in [6.07, 6.45) is 0. The highest BCUT2D eigenvalue weighted by Gasteiger charge is 2.37. The minimum absolute atomic E-state index is 0.00191. The van der Waals surface area contributed by atoms with E-state index in [4.69, 9.17) is 9.73 Å². The largest absolute Gasteiger partial charge is 0.469 e. The number of hydrogen-bond acceptors (Lipinski definition) is 4. The lowest BCUT2D eigenvalue weighted by Gasteiger charge is -2.25. The fourth-order valence-corrected chi connectivity index (χ4v) is 3.88. The predicted octanol–water partition coefficient (Wildman–Crippen LogP) is 2.73. The van der Waals surface area contributed by atoms with Gasteiger partial charge < -0.3 is 15.0 Å². The Labute approximate surface area is 149 Å². The first-order chi connectivity index (χ1) is 11.4. The van der Waals surface area contributed by atoms with Crippen LogP contribution in [-0.4, -0.2) is 50.1 Å². The molecule has 6 heteroatoms. The second-order valence-corrected chi connectivity index (χ2v) is 7.99. The summed E-state index contributed by atoms with van der Waals surface area (Å²) in [7, 11) is 1.46. The van der Waals surface area contributed by atoms with E-state index in [1.54, 1.807) is 11.3 Å². The highest BCUT2D eigenvalue weighted by atomic mass is 32.1. The fraction of sp³-hybridized carbons (Fsp3) is 0.667. The Morgan fingerprint density at radius 2 is 2.25 bits per heavy atom. The van der Waals surface area contributed by atoms with Crippen LogP contribution in [0.2, 0.25) is 0 Å². The molecule has 0 spiro atoms. The summed E-state index contributed by atoms with van der Waals surface area (Å²) in [4.78, 5) is 20.3. The number of guanidine groups is 1. The van der Waals surface area contributed by atoms with Gasteiger partial charge in [-0.2, -0.15) is 0 Å². The molecule has 0 radical (unpaired) electrons. The van der Waals surface area contributed by atoms with Crippen molar-refractivity contribution < 1.29 is 9.53 Å². The van der Waals surface area contributed by atoms with Crippen molar-refractivity contribution in [3.05, 3.63) is 22.4 Å². The number of nitrogens with one attached hydrogen (secondary N) is 1. The molecule has 2 unspecified atom stereocenters. The SMILES string of the molecule is CCNC(=NCC(C)(C)c1cccs1)N1CC(C)C(C(=O)OC)C1. The molecule has 1 aliphatic heterocycles. The number of hydrogen-bond donors (Lipinski definition) is 1. The Hall–Kier alpha value is -1.56. The molecule has 0 aromatic carbocycles. The third-order valence-electron chi connectivity index (χ3n) is 4.56. The van der Waals surface area contributed by atoms with Crippen LogP contribution in [0.1, 0.15) is 32.6 Å². The lowest BCUT2D eigenvalue weighted by molar-refractivity contribution is -0.145. The van der Waals surface area contributed by atoms with Crippen LogP contribution in [0.5, 0.6) is 0 Å². The Bertz CT molecular complexity index is 569. The Kier molecular flexibility index (Phi) is 6.27. The van der Waals surface area contributed by atoms with Crippen molar-refractivity contribution in [2.75, 3.05) is 33.3 Å². The van der Waals surface area contributed by atoms with Gasteiger partial charge >= 0.3 is 5.97 Å². The van der Waals surface area contributed by atoms with Crippen molar-refractivity contribution in [2.24, 2.45) is 16.8 Å². The van der Waals surface area contributed by atoms with Crippen molar-refractivity contribution in [1.29, 1.82) is 0 Å². The number of carbonyl (C=O) groups is 1. The number of methoxy groups -OCH3 is 1. The van der Waals surface area contributed by atoms with Gasteiger partial charge in [0.25, 0.3) is 0 Å². The molecule has 134 valence electrons. The van der Waals surface area contributed by atoms with Gasteiger partial charge in [0, 0.05) is 29.9 Å². The molecule has 0 bridgehead atoms. The topological polar surface area (TPSA) is 53.9 Å². The van der Waals surface area contributed by atoms with Crippen molar-refractivity contribution in [3.8, 4) is 0 Å². The summed E-state index contributed by atoms with van der Waals surface area (Å²) in [6, 6.07) is 4.25. The molecular weight excluding hydrogens is 322 g/mol. The molecule has 1 aliphatic rings. The van der Waals surface area contributed by atoms with Crippen LogP contribution in [0.15, 0.2) is 22.5 Å². The number of nitrogens with zero attached hydrogens (tertiary/aromatic N) is 2. The molecule has 0 amide bonds. The number of likely N-dealkylation sites (tertiary alicyclic amines) is 1. The first-order valence-electron chi connectivity index (χ1n) is 8.54. The second kappa shape index (κ2) is 8.01. The van der Waals surface area contributed by atoms with E-state index in [9.17, 15) is 4.79 Å². The van der Waals surface area contributed by atoms with Crippen LogP contribution in [0.25, 0.3) is 0 Å². The second-order valence-electron chi connectivity index (χ2n) is 7.04. The molecule has 1 N–H and O–H groups in total. The van der Waals surface area contributed by atoms with Gasteiger partial charge in [0.15, 0.2) is 5.96 Å². The molecular formula is C18H29N3O2S. The molecule has 0 aliphatic carbocycles. The van der Waals surface area contributed by atoms with Crippen molar-refractivity contribution >= 4 is 23.3 Å². The third-order valence-corrected chi connectivity index (χ3v) is 5.80. The highest BCUT2D eigenvalue weighted by Crippen LogP contribution is 2.28. The van der Waals surface area contributed by atoms with Crippen LogP contribution < -0.4 is 5.32 Å². The minimum Gasteiger partial charge on any atom is -0.469 e. The van der Waals surface area contributed by atoms with E-state index in [1.807, 2.05) is 0 Å². The van der Waals surface area contributed by atoms with Crippen LogP contribution >= 0.6 is 11.3 Å². The highest BCUT2D eigenvalue weighted by molar-refractivity contribution is 7.10. The molecule has 5 nitrogen and oxygen atoms in total. The maximum atomic E-state index is 11.9. The van der Waals surface area contributed by atoms with Gasteiger partial charge in [0.05, 0.1) is 19.6 Å². The number of thiophene rings is 1. The number of esters is 1. The van der Waals surface area contributed by atoms with Crippen LogP contribution in [0, 0.1) is 11.8 Å². The van der Waals surface area contributed by atoms with E-state index in [-0.39, 0.29) is 23.2 Å². The lowest BCUT2D eigenvalue weighted by atomic mass is 9.92. The molecule has 2 heterocycles. The molecule has 2 atom stereocenters. The maximum Gasteiger partial charge on any atom is 0.310 e. The summed E-state index contributed by atoms with van der Waals surface area (Å²) in [5.41, 5.74) is 0.00191. The van der Waals surface area contributed by atoms with Crippen LogP contribution in [0.3, 0.4) is 0 Å². The fourth-order valence-electron chi connectivity index (χ4n) is 3.04. The zero-order valence-electron chi connectivity index (χ0n) is 15.3. The third kappa shape index (κ3) is 4.29. The quantitative estimate of drug-likeness (QED) is 0.503. The first-order valence-corrected chi connectivity index (χ1v) is 9.42. The number of ether oxygens (including phenoxy) is 1. The zero-order valence-corrected chi connectivity index (χ0v) is 16.2. The van der Waals surface area contributed by atoms with Crippen molar-refractivity contribution in [2.45, 2.75) is 33.1 Å². The van der Waals surface area contributed by atoms with E-state index in [2.05, 4.69) is 55.4 Å².